The summed E-state index contributed by atoms with van der Waals surface area (Å²) < 4.78 is 45.5. The molecule has 3 amide bonds. The third-order valence-electron chi connectivity index (χ3n) is 8.96. The summed E-state index contributed by atoms with van der Waals surface area (Å²) in [5, 5.41) is 0.225. The average molecular weight is 639 g/mol. The smallest absolute Gasteiger partial charge is 0.379 e. The van der Waals surface area contributed by atoms with Gasteiger partial charge in [0, 0.05) is 54.7 Å². The van der Waals surface area contributed by atoms with E-state index in [0.717, 1.165) is 55.8 Å². The number of likely N-dealkylation sites (tertiary alicyclic amines) is 1. The summed E-state index contributed by atoms with van der Waals surface area (Å²) in [5.74, 6) is -1.55. The summed E-state index contributed by atoms with van der Waals surface area (Å²) in [6.45, 7) is 4.41. The number of rotatable bonds is 6. The first-order valence-corrected chi connectivity index (χ1v) is 16.9. The van der Waals surface area contributed by atoms with Gasteiger partial charge in [0.25, 0.3) is 5.91 Å². The zero-order chi connectivity index (χ0) is 30.5. The minimum Gasteiger partial charge on any atom is -0.379 e. The van der Waals surface area contributed by atoms with Crippen molar-refractivity contribution in [2.24, 2.45) is 10.9 Å². The Kier molecular flexibility index (Phi) is 8.29. The molecule has 43 heavy (non-hydrogen) atoms. The number of hydrogen-bond donors (Lipinski definition) is 2. The molecule has 2 N–H and O–H groups in total. The van der Waals surface area contributed by atoms with Crippen LogP contribution in [0.15, 0.2) is 29.3 Å². The Hall–Kier alpha value is -2.61. The molecular weight excluding hydrogens is 605 g/mol. The largest absolute Gasteiger partial charge is 0.399 e. The minimum absolute atomic E-state index is 0.0186. The summed E-state index contributed by atoms with van der Waals surface area (Å²) in [7, 11) is -5.73. The number of benzene rings is 1. The van der Waals surface area contributed by atoms with Crippen molar-refractivity contribution in [3.63, 3.8) is 0 Å². The first kappa shape index (κ1) is 30.4. The van der Waals surface area contributed by atoms with Crippen molar-refractivity contribution in [1.29, 1.82) is 0 Å². The van der Waals surface area contributed by atoms with E-state index in [-0.39, 0.29) is 28.1 Å². The molecule has 1 aromatic heterocycles. The monoisotopic (exact) mass is 638 g/mol. The Morgan fingerprint density at radius 3 is 2.53 bits per heavy atom. The molecule has 3 atom stereocenters. The number of carbonyl (C=O) groups is 3. The first-order valence-electron chi connectivity index (χ1n) is 14.4. The standard InChI is InChI=1S/C28H33F2N4O7PS/c29-28(30,42(38,39)40)19-4-7-23-18(12-19)13-24(43-23)25(35)31-14-17-2-1-3-20-5-6-22(34(20)26(17)36)27(37)33-15-21(16-33)32-8-10-41-11-9-32/h4,7,12-14,17,20-22H,1-3,5-6,8-11,15-16H2,(H2,38,39,40)/t17?,20?,22-/m0/s1. The number of halogens is 2. The van der Waals surface area contributed by atoms with Crippen LogP contribution in [-0.4, -0.2) is 106 Å². The Labute approximate surface area is 250 Å². The molecule has 232 valence electrons. The van der Waals surface area contributed by atoms with Crippen molar-refractivity contribution < 1.29 is 42.3 Å². The lowest BCUT2D eigenvalue weighted by molar-refractivity contribution is -0.151. The van der Waals surface area contributed by atoms with Gasteiger partial charge >= 0.3 is 13.3 Å². The average Bonchev–Trinajstić information content (AvgIpc) is 3.54. The van der Waals surface area contributed by atoms with E-state index in [1.807, 2.05) is 4.90 Å². The number of fused-ring (bicyclic) bond motifs is 2. The van der Waals surface area contributed by atoms with Gasteiger partial charge in [0.15, 0.2) is 0 Å². The fourth-order valence-corrected chi connectivity index (χ4v) is 7.92. The predicted molar refractivity (Wildman–Crippen MR) is 154 cm³/mol. The summed E-state index contributed by atoms with van der Waals surface area (Å²) in [6, 6.07) is 4.28. The number of thiophene rings is 1. The summed E-state index contributed by atoms with van der Waals surface area (Å²) in [4.78, 5) is 68.2. The Bertz CT molecular complexity index is 1500. The molecule has 4 fully saturated rings. The molecule has 2 aromatic rings. The third-order valence-corrected chi connectivity index (χ3v) is 11.1. The van der Waals surface area contributed by atoms with E-state index in [9.17, 15) is 27.7 Å². The van der Waals surface area contributed by atoms with E-state index in [4.69, 9.17) is 14.5 Å². The topological polar surface area (TPSA) is 140 Å². The van der Waals surface area contributed by atoms with Gasteiger partial charge in [0.05, 0.1) is 24.0 Å². The molecule has 0 aliphatic carbocycles. The molecule has 4 aliphatic rings. The number of carbonyl (C=O) groups excluding carboxylic acids is 3. The third kappa shape index (κ3) is 5.81. The van der Waals surface area contributed by atoms with Crippen molar-refractivity contribution in [1.82, 2.24) is 14.7 Å². The Morgan fingerprint density at radius 2 is 1.81 bits per heavy atom. The summed E-state index contributed by atoms with van der Waals surface area (Å²) in [5.41, 5.74) is -5.21. The molecule has 11 nitrogen and oxygen atoms in total. The van der Waals surface area contributed by atoms with E-state index < -0.39 is 36.7 Å². The van der Waals surface area contributed by atoms with Crippen LogP contribution in [-0.2, 0) is 24.6 Å². The zero-order valence-corrected chi connectivity index (χ0v) is 25.0. The van der Waals surface area contributed by atoms with Gasteiger partial charge in [0.1, 0.15) is 6.04 Å². The lowest BCUT2D eigenvalue weighted by Crippen LogP contribution is -2.65. The quantitative estimate of drug-likeness (QED) is 0.364. The Morgan fingerprint density at radius 1 is 1.07 bits per heavy atom. The van der Waals surface area contributed by atoms with Crippen LogP contribution in [0.4, 0.5) is 8.78 Å². The first-order chi connectivity index (χ1) is 20.4. The predicted octanol–water partition coefficient (Wildman–Crippen LogP) is 3.04. The van der Waals surface area contributed by atoms with Gasteiger partial charge in [-0.15, -0.1) is 11.3 Å². The molecule has 0 bridgehead atoms. The van der Waals surface area contributed by atoms with Crippen LogP contribution >= 0.6 is 18.9 Å². The number of amides is 3. The van der Waals surface area contributed by atoms with Crippen LogP contribution in [0.25, 0.3) is 10.1 Å². The second-order valence-electron chi connectivity index (χ2n) is 11.6. The van der Waals surface area contributed by atoms with Crippen LogP contribution in [0.1, 0.15) is 47.3 Å². The lowest BCUT2D eigenvalue weighted by atomic mass is 10.0. The van der Waals surface area contributed by atoms with Crippen LogP contribution < -0.4 is 0 Å². The highest BCUT2D eigenvalue weighted by Gasteiger charge is 2.50. The van der Waals surface area contributed by atoms with Gasteiger partial charge in [-0.05, 0) is 49.3 Å². The lowest BCUT2D eigenvalue weighted by Gasteiger charge is -2.48. The maximum Gasteiger partial charge on any atom is 0.399 e. The second kappa shape index (κ2) is 11.7. The van der Waals surface area contributed by atoms with Crippen molar-refractivity contribution in [3.05, 3.63) is 34.7 Å². The van der Waals surface area contributed by atoms with Crippen molar-refractivity contribution >= 4 is 53.0 Å². The molecule has 1 aromatic carbocycles. The molecule has 15 heteroatoms. The number of aliphatic imine (C=N–C) groups is 1. The number of ether oxygens (including phenoxy) is 1. The summed E-state index contributed by atoms with van der Waals surface area (Å²) in [6.07, 6.45) is 4.74. The zero-order valence-electron chi connectivity index (χ0n) is 23.3. The van der Waals surface area contributed by atoms with Gasteiger partial charge in [0.2, 0.25) is 11.8 Å². The molecule has 4 saturated heterocycles. The molecule has 6 rings (SSSR count). The van der Waals surface area contributed by atoms with Crippen LogP contribution in [0.2, 0.25) is 0 Å². The van der Waals surface area contributed by atoms with Gasteiger partial charge < -0.3 is 24.3 Å². The molecule has 0 saturated carbocycles. The van der Waals surface area contributed by atoms with Crippen molar-refractivity contribution in [3.8, 4) is 0 Å². The molecule has 4 aliphatic heterocycles. The van der Waals surface area contributed by atoms with E-state index in [2.05, 4.69) is 9.89 Å². The number of morpholine rings is 1. The van der Waals surface area contributed by atoms with E-state index in [1.54, 1.807) is 4.90 Å². The molecule has 0 radical (unpaired) electrons. The van der Waals surface area contributed by atoms with Gasteiger partial charge in [-0.2, -0.15) is 8.78 Å². The fourth-order valence-electron chi connectivity index (χ4n) is 6.51. The van der Waals surface area contributed by atoms with Crippen LogP contribution in [0.5, 0.6) is 0 Å². The van der Waals surface area contributed by atoms with E-state index in [1.165, 1.54) is 18.3 Å². The molecule has 5 heterocycles. The number of alkyl halides is 2. The van der Waals surface area contributed by atoms with E-state index >= 15 is 0 Å². The van der Waals surface area contributed by atoms with Gasteiger partial charge in [-0.25, -0.2) is 4.99 Å². The van der Waals surface area contributed by atoms with E-state index in [0.29, 0.717) is 49.9 Å². The fraction of sp³-hybridized carbons (Fsp3) is 0.571. The van der Waals surface area contributed by atoms with Gasteiger partial charge in [-0.3, -0.25) is 23.8 Å². The maximum atomic E-state index is 14.2. The van der Waals surface area contributed by atoms with Crippen molar-refractivity contribution in [2.45, 2.75) is 55.9 Å². The number of nitrogens with zero attached hydrogens (tertiary/aromatic N) is 4. The highest BCUT2D eigenvalue weighted by Crippen LogP contribution is 2.59. The molecule has 2 unspecified atom stereocenters. The Balaban J connectivity index is 1.12. The van der Waals surface area contributed by atoms with Crippen molar-refractivity contribution in [2.75, 3.05) is 39.4 Å². The normalized spacial score (nSPS) is 26.1. The number of hydrogen-bond acceptors (Lipinski definition) is 7. The summed E-state index contributed by atoms with van der Waals surface area (Å²) >= 11 is 1.01. The molecule has 0 spiro atoms. The highest BCUT2D eigenvalue weighted by atomic mass is 32.1. The molecular formula is C28H33F2N4O7PS. The highest BCUT2D eigenvalue weighted by molar-refractivity contribution is 7.52. The SMILES string of the molecule is O=C(N=CC1CCCC2CC[C@@H](C(=O)N3CC(N4CCOCC4)C3)N2C1=O)c1cc2cc(C(F)(F)P(=O)(O)O)ccc2s1. The van der Waals surface area contributed by atoms with Crippen LogP contribution in [0, 0.1) is 5.92 Å². The van der Waals surface area contributed by atoms with Crippen LogP contribution in [0.3, 0.4) is 0 Å². The second-order valence-corrected chi connectivity index (χ2v) is 14.3. The minimum atomic E-state index is -5.73. The maximum absolute atomic E-state index is 14.2. The van der Waals surface area contributed by atoms with Gasteiger partial charge in [-0.1, -0.05) is 12.5 Å².